The molecule has 1 aliphatic heterocycles. The number of benzene rings is 2. The van der Waals surface area contributed by atoms with Crippen LogP contribution in [0.2, 0.25) is 0 Å². The number of nitrogens with zero attached hydrogens (tertiary/aromatic N) is 1. The van der Waals surface area contributed by atoms with Gasteiger partial charge in [-0.05, 0) is 49.4 Å². The van der Waals surface area contributed by atoms with Gasteiger partial charge in [-0.15, -0.1) is 0 Å². The van der Waals surface area contributed by atoms with Crippen LogP contribution in [0.4, 0.5) is 0 Å². The lowest BCUT2D eigenvalue weighted by atomic mass is 9.95. The molecule has 0 bridgehead atoms. The first-order chi connectivity index (χ1) is 14.5. The summed E-state index contributed by atoms with van der Waals surface area (Å²) < 4.78 is 17.4. The van der Waals surface area contributed by atoms with Gasteiger partial charge in [0.25, 0.3) is 0 Å². The Hall–Kier alpha value is -3.28. The van der Waals surface area contributed by atoms with Gasteiger partial charge in [0.05, 0.1) is 18.7 Å². The highest BCUT2D eigenvalue weighted by atomic mass is 16.5. The molecular formula is C24H23NO5. The van der Waals surface area contributed by atoms with Gasteiger partial charge in [-0.3, -0.25) is 4.79 Å². The van der Waals surface area contributed by atoms with Crippen molar-refractivity contribution in [2.24, 2.45) is 0 Å². The minimum atomic E-state index is -0.812. The summed E-state index contributed by atoms with van der Waals surface area (Å²) >= 11 is 0. The molecule has 2 aromatic carbocycles. The molecule has 3 aromatic rings. The third kappa shape index (κ3) is 3.12. The fourth-order valence-electron chi connectivity index (χ4n) is 4.71. The summed E-state index contributed by atoms with van der Waals surface area (Å²) in [4.78, 5) is 11.0. The Bertz CT molecular complexity index is 1110. The summed E-state index contributed by atoms with van der Waals surface area (Å²) in [5.74, 6) is 1.38. The average Bonchev–Trinajstić information content (AvgIpc) is 3.40. The van der Waals surface area contributed by atoms with E-state index in [9.17, 15) is 4.79 Å². The predicted molar refractivity (Wildman–Crippen MR) is 110 cm³/mol. The van der Waals surface area contributed by atoms with Crippen molar-refractivity contribution in [2.75, 3.05) is 6.61 Å². The largest absolute Gasteiger partial charge is 0.492 e. The van der Waals surface area contributed by atoms with Crippen LogP contribution in [0.25, 0.3) is 11.1 Å². The molecule has 154 valence electrons. The van der Waals surface area contributed by atoms with Gasteiger partial charge in [0.2, 0.25) is 0 Å². The fourth-order valence-corrected chi connectivity index (χ4v) is 4.71. The number of carbonyl (C=O) groups is 1. The maximum atomic E-state index is 11.0. The summed E-state index contributed by atoms with van der Waals surface area (Å²) in [6, 6.07) is 12.0. The first-order valence-electron chi connectivity index (χ1n) is 10.2. The number of aliphatic carboxylic acids is 1. The van der Waals surface area contributed by atoms with E-state index in [1.165, 1.54) is 16.7 Å². The number of carboxylic acids is 1. The Balaban J connectivity index is 1.41. The molecule has 0 saturated heterocycles. The van der Waals surface area contributed by atoms with E-state index in [0.717, 1.165) is 46.9 Å². The standard InChI is InChI=1S/C24H23NO5/c1-13-24(14(2)30-25-13)20-5-3-4-19-18(20)8-9-21(19)29-16-6-7-17-15(10-23(26)27)12-28-22(17)11-16/h3-7,11,15,21H,8-10,12H2,1-2H3,(H,26,27)/t15-,21-/m1/s1. The molecule has 0 unspecified atom stereocenters. The normalized spacial score (nSPS) is 19.3. The lowest BCUT2D eigenvalue weighted by molar-refractivity contribution is -0.137. The number of carboxylic acid groups (broad SMARTS) is 1. The van der Waals surface area contributed by atoms with Gasteiger partial charge >= 0.3 is 5.97 Å². The second-order valence-corrected chi connectivity index (χ2v) is 8.02. The van der Waals surface area contributed by atoms with Crippen molar-refractivity contribution >= 4 is 5.97 Å². The van der Waals surface area contributed by atoms with Gasteiger partial charge in [0.15, 0.2) is 0 Å². The van der Waals surface area contributed by atoms with E-state index in [1.54, 1.807) is 0 Å². The molecule has 0 spiro atoms. The number of aryl methyl sites for hydroxylation is 2. The van der Waals surface area contributed by atoms with Crippen LogP contribution >= 0.6 is 0 Å². The molecule has 1 aromatic heterocycles. The highest BCUT2D eigenvalue weighted by molar-refractivity contribution is 5.73. The van der Waals surface area contributed by atoms with Crippen LogP contribution in [0.5, 0.6) is 11.5 Å². The topological polar surface area (TPSA) is 81.8 Å². The summed E-state index contributed by atoms with van der Waals surface area (Å²) in [6.07, 6.45) is 1.88. The Kier molecular flexibility index (Phi) is 4.50. The number of aromatic nitrogens is 1. The highest BCUT2D eigenvalue weighted by Gasteiger charge is 2.30. The number of hydrogen-bond acceptors (Lipinski definition) is 5. The third-order valence-corrected chi connectivity index (χ3v) is 6.08. The van der Waals surface area contributed by atoms with E-state index < -0.39 is 5.97 Å². The molecule has 6 heteroatoms. The molecular weight excluding hydrogens is 382 g/mol. The number of rotatable bonds is 5. The predicted octanol–water partition coefficient (Wildman–Crippen LogP) is 4.98. The van der Waals surface area contributed by atoms with Crippen molar-refractivity contribution < 1.29 is 23.9 Å². The quantitative estimate of drug-likeness (QED) is 0.645. The van der Waals surface area contributed by atoms with Crippen molar-refractivity contribution in [3.05, 3.63) is 64.5 Å². The zero-order valence-corrected chi connectivity index (χ0v) is 17.0. The molecule has 5 rings (SSSR count). The van der Waals surface area contributed by atoms with E-state index in [-0.39, 0.29) is 18.4 Å². The van der Waals surface area contributed by atoms with Crippen molar-refractivity contribution in [1.29, 1.82) is 0 Å². The van der Waals surface area contributed by atoms with Crippen molar-refractivity contribution in [2.45, 2.75) is 45.1 Å². The lowest BCUT2D eigenvalue weighted by Gasteiger charge is -2.16. The Morgan fingerprint density at radius 1 is 1.23 bits per heavy atom. The van der Waals surface area contributed by atoms with Gasteiger partial charge in [-0.2, -0.15) is 0 Å². The highest BCUT2D eigenvalue weighted by Crippen LogP contribution is 2.43. The van der Waals surface area contributed by atoms with Gasteiger partial charge in [-0.1, -0.05) is 29.4 Å². The van der Waals surface area contributed by atoms with E-state index >= 15 is 0 Å². The number of ether oxygens (including phenoxy) is 2. The first-order valence-corrected chi connectivity index (χ1v) is 10.2. The Labute approximate surface area is 174 Å². The summed E-state index contributed by atoms with van der Waals surface area (Å²) in [7, 11) is 0. The van der Waals surface area contributed by atoms with Gasteiger partial charge in [0, 0.05) is 23.1 Å². The van der Waals surface area contributed by atoms with Crippen molar-refractivity contribution in [3.8, 4) is 22.6 Å². The number of hydrogen-bond donors (Lipinski definition) is 1. The van der Waals surface area contributed by atoms with E-state index in [0.29, 0.717) is 6.61 Å². The fraction of sp³-hybridized carbons (Fsp3) is 0.333. The van der Waals surface area contributed by atoms with Gasteiger partial charge < -0.3 is 19.1 Å². The Morgan fingerprint density at radius 2 is 2.10 bits per heavy atom. The molecule has 0 fully saturated rings. The van der Waals surface area contributed by atoms with Crippen LogP contribution in [0.15, 0.2) is 40.9 Å². The molecule has 2 heterocycles. The monoisotopic (exact) mass is 405 g/mol. The maximum Gasteiger partial charge on any atom is 0.304 e. The second-order valence-electron chi connectivity index (χ2n) is 8.02. The SMILES string of the molecule is Cc1noc(C)c1-c1cccc2c1CC[C@H]2Oc1ccc2c(c1)OC[C@H]2CC(=O)O. The smallest absolute Gasteiger partial charge is 0.304 e. The van der Waals surface area contributed by atoms with E-state index in [2.05, 4.69) is 23.4 Å². The van der Waals surface area contributed by atoms with Crippen LogP contribution < -0.4 is 9.47 Å². The second kappa shape index (κ2) is 7.20. The zero-order chi connectivity index (χ0) is 20.8. The molecule has 30 heavy (non-hydrogen) atoms. The van der Waals surface area contributed by atoms with Gasteiger partial charge in [-0.25, -0.2) is 0 Å². The molecule has 0 amide bonds. The summed E-state index contributed by atoms with van der Waals surface area (Å²) in [5.41, 5.74) is 6.56. The zero-order valence-electron chi connectivity index (χ0n) is 17.0. The molecule has 6 nitrogen and oxygen atoms in total. The molecule has 2 atom stereocenters. The summed E-state index contributed by atoms with van der Waals surface area (Å²) in [6.45, 7) is 4.31. The van der Waals surface area contributed by atoms with Crippen LogP contribution in [0, 0.1) is 13.8 Å². The van der Waals surface area contributed by atoms with Crippen LogP contribution in [-0.2, 0) is 11.2 Å². The Morgan fingerprint density at radius 3 is 2.87 bits per heavy atom. The molecule has 0 saturated carbocycles. The van der Waals surface area contributed by atoms with Gasteiger partial charge in [0.1, 0.15) is 23.4 Å². The lowest BCUT2D eigenvalue weighted by Crippen LogP contribution is -2.07. The summed E-state index contributed by atoms with van der Waals surface area (Å²) in [5, 5.41) is 13.2. The van der Waals surface area contributed by atoms with E-state index in [4.69, 9.17) is 19.1 Å². The van der Waals surface area contributed by atoms with Crippen LogP contribution in [0.3, 0.4) is 0 Å². The first kappa shape index (κ1) is 18.7. The van der Waals surface area contributed by atoms with Crippen molar-refractivity contribution in [3.63, 3.8) is 0 Å². The van der Waals surface area contributed by atoms with Crippen LogP contribution in [-0.4, -0.2) is 22.8 Å². The minimum absolute atomic E-state index is 0.0327. The molecule has 0 radical (unpaired) electrons. The maximum absolute atomic E-state index is 11.0. The third-order valence-electron chi connectivity index (χ3n) is 6.08. The molecule has 2 aliphatic rings. The van der Waals surface area contributed by atoms with Crippen molar-refractivity contribution in [1.82, 2.24) is 5.16 Å². The molecule has 1 N–H and O–H groups in total. The van der Waals surface area contributed by atoms with E-state index in [1.807, 2.05) is 32.0 Å². The average molecular weight is 405 g/mol. The van der Waals surface area contributed by atoms with Crippen LogP contribution in [0.1, 0.15) is 53.0 Å². The molecule has 1 aliphatic carbocycles. The number of fused-ring (bicyclic) bond motifs is 2. The minimum Gasteiger partial charge on any atom is -0.492 e.